The molecule has 0 radical (unpaired) electrons. The van der Waals surface area contributed by atoms with E-state index in [1.807, 2.05) is 12.1 Å². The van der Waals surface area contributed by atoms with Crippen LogP contribution in [0.2, 0.25) is 0 Å². The summed E-state index contributed by atoms with van der Waals surface area (Å²) in [5.74, 6) is 1.71. The fourth-order valence-electron chi connectivity index (χ4n) is 1.24. The van der Waals surface area contributed by atoms with Gasteiger partial charge in [-0.05, 0) is 12.1 Å². The fourth-order valence-corrected chi connectivity index (χ4v) is 1.24. The summed E-state index contributed by atoms with van der Waals surface area (Å²) in [6, 6.07) is 3.83. The zero-order valence-corrected chi connectivity index (χ0v) is 9.98. The fraction of sp³-hybridized carbons (Fsp3) is 0.308. The molecule has 1 rings (SSSR count). The Balaban J connectivity index is 2.37. The second-order valence-corrected chi connectivity index (χ2v) is 3.40. The highest BCUT2D eigenvalue weighted by atomic mass is 16.3. The van der Waals surface area contributed by atoms with E-state index in [2.05, 4.69) is 28.8 Å². The van der Waals surface area contributed by atoms with Crippen LogP contribution >= 0.6 is 0 Å². The van der Waals surface area contributed by atoms with Crippen LogP contribution in [0, 0.1) is 0 Å². The van der Waals surface area contributed by atoms with E-state index in [1.54, 1.807) is 18.4 Å². The molecule has 0 unspecified atom stereocenters. The molecule has 0 saturated carbocycles. The Hall–Kier alpha value is -1.97. The predicted octanol–water partition coefficient (Wildman–Crippen LogP) is 1.73. The molecule has 0 fully saturated rings. The standard InChI is InChI=1S/C13H19N3O/c1-3-8-14-13(15-9-4-2)16-10-7-12-6-5-11-17-12/h3-6,11H,1-2,7-10H2,(H2,14,15,16). The molecule has 92 valence electrons. The van der Waals surface area contributed by atoms with Crippen LogP contribution in [-0.2, 0) is 6.42 Å². The van der Waals surface area contributed by atoms with Crippen molar-refractivity contribution in [2.45, 2.75) is 6.42 Å². The molecule has 0 atom stereocenters. The highest BCUT2D eigenvalue weighted by molar-refractivity contribution is 5.80. The van der Waals surface area contributed by atoms with E-state index in [1.165, 1.54) is 0 Å². The molecule has 1 aromatic rings. The van der Waals surface area contributed by atoms with E-state index in [0.29, 0.717) is 19.6 Å². The molecular weight excluding hydrogens is 214 g/mol. The molecule has 0 saturated heterocycles. The van der Waals surface area contributed by atoms with Gasteiger partial charge in [-0.15, -0.1) is 13.2 Å². The zero-order valence-electron chi connectivity index (χ0n) is 9.98. The Morgan fingerprint density at radius 1 is 1.29 bits per heavy atom. The van der Waals surface area contributed by atoms with Crippen LogP contribution in [0.25, 0.3) is 0 Å². The molecule has 0 aliphatic heterocycles. The van der Waals surface area contributed by atoms with Gasteiger partial charge >= 0.3 is 0 Å². The maximum atomic E-state index is 5.24. The topological polar surface area (TPSA) is 49.6 Å². The molecule has 0 aliphatic carbocycles. The van der Waals surface area contributed by atoms with Gasteiger partial charge in [0.25, 0.3) is 0 Å². The number of aliphatic imine (C=N–C) groups is 1. The van der Waals surface area contributed by atoms with Gasteiger partial charge in [-0.25, -0.2) is 0 Å². The molecule has 1 aromatic heterocycles. The third-order valence-corrected chi connectivity index (χ3v) is 2.04. The molecule has 2 N–H and O–H groups in total. The summed E-state index contributed by atoms with van der Waals surface area (Å²) in [5.41, 5.74) is 0. The lowest BCUT2D eigenvalue weighted by atomic mass is 10.3. The molecule has 1 heterocycles. The van der Waals surface area contributed by atoms with Crippen molar-refractivity contribution in [1.29, 1.82) is 0 Å². The van der Waals surface area contributed by atoms with Crippen LogP contribution in [0.5, 0.6) is 0 Å². The average molecular weight is 233 g/mol. The summed E-state index contributed by atoms with van der Waals surface area (Å²) in [7, 11) is 0. The third kappa shape index (κ3) is 5.61. The van der Waals surface area contributed by atoms with Crippen molar-refractivity contribution in [2.24, 2.45) is 4.99 Å². The number of guanidine groups is 1. The van der Waals surface area contributed by atoms with Crippen LogP contribution in [0.1, 0.15) is 5.76 Å². The Kier molecular flexibility index (Phi) is 6.33. The van der Waals surface area contributed by atoms with Crippen molar-refractivity contribution in [3.63, 3.8) is 0 Å². The normalized spacial score (nSPS) is 9.41. The Bertz CT molecular complexity index is 341. The third-order valence-electron chi connectivity index (χ3n) is 2.04. The number of nitrogens with one attached hydrogen (secondary N) is 2. The van der Waals surface area contributed by atoms with Gasteiger partial charge < -0.3 is 15.1 Å². The summed E-state index contributed by atoms with van der Waals surface area (Å²) < 4.78 is 5.24. The monoisotopic (exact) mass is 233 g/mol. The lowest BCUT2D eigenvalue weighted by Crippen LogP contribution is -2.37. The lowest BCUT2D eigenvalue weighted by molar-refractivity contribution is 0.511. The van der Waals surface area contributed by atoms with Gasteiger partial charge in [0.2, 0.25) is 0 Å². The summed E-state index contributed by atoms with van der Waals surface area (Å²) >= 11 is 0. The Morgan fingerprint density at radius 3 is 2.53 bits per heavy atom. The number of hydrogen-bond donors (Lipinski definition) is 2. The molecule has 0 aromatic carbocycles. The van der Waals surface area contributed by atoms with Crippen LogP contribution in [0.4, 0.5) is 0 Å². The lowest BCUT2D eigenvalue weighted by Gasteiger charge is -2.09. The Morgan fingerprint density at radius 2 is 2.00 bits per heavy atom. The minimum absolute atomic E-state index is 0.678. The second-order valence-electron chi connectivity index (χ2n) is 3.40. The molecule has 0 bridgehead atoms. The van der Waals surface area contributed by atoms with Crippen molar-refractivity contribution in [3.05, 3.63) is 49.5 Å². The molecule has 0 spiro atoms. The summed E-state index contributed by atoms with van der Waals surface area (Å²) in [6.07, 6.45) is 6.04. The van der Waals surface area contributed by atoms with E-state index >= 15 is 0 Å². The van der Waals surface area contributed by atoms with Gasteiger partial charge in [-0.1, -0.05) is 12.2 Å². The maximum Gasteiger partial charge on any atom is 0.191 e. The van der Waals surface area contributed by atoms with Gasteiger partial charge in [-0.3, -0.25) is 4.99 Å². The molecule has 4 nitrogen and oxygen atoms in total. The quantitative estimate of drug-likeness (QED) is 0.428. The summed E-state index contributed by atoms with van der Waals surface area (Å²) in [5, 5.41) is 6.25. The van der Waals surface area contributed by atoms with Gasteiger partial charge in [0.15, 0.2) is 5.96 Å². The smallest absolute Gasteiger partial charge is 0.191 e. The van der Waals surface area contributed by atoms with Crippen LogP contribution in [0.3, 0.4) is 0 Å². The first-order chi connectivity index (χ1) is 8.36. The van der Waals surface area contributed by atoms with E-state index in [-0.39, 0.29) is 0 Å². The number of rotatable bonds is 7. The highest BCUT2D eigenvalue weighted by Gasteiger charge is 1.97. The minimum atomic E-state index is 0.678. The minimum Gasteiger partial charge on any atom is -0.469 e. The average Bonchev–Trinajstić information content (AvgIpc) is 2.85. The van der Waals surface area contributed by atoms with Crippen molar-refractivity contribution >= 4 is 5.96 Å². The first-order valence-corrected chi connectivity index (χ1v) is 5.63. The number of hydrogen-bond acceptors (Lipinski definition) is 2. The first-order valence-electron chi connectivity index (χ1n) is 5.63. The molecule has 4 heteroatoms. The van der Waals surface area contributed by atoms with Gasteiger partial charge in [0, 0.05) is 26.1 Å². The van der Waals surface area contributed by atoms with Crippen molar-refractivity contribution in [3.8, 4) is 0 Å². The summed E-state index contributed by atoms with van der Waals surface area (Å²) in [4.78, 5) is 4.41. The zero-order chi connectivity index (χ0) is 12.3. The largest absolute Gasteiger partial charge is 0.469 e. The SMILES string of the molecule is C=CCNC(=NCCc1ccco1)NCC=C. The molecule has 0 aliphatic rings. The van der Waals surface area contributed by atoms with E-state index < -0.39 is 0 Å². The van der Waals surface area contributed by atoms with Crippen LogP contribution in [-0.4, -0.2) is 25.6 Å². The maximum absolute atomic E-state index is 5.24. The van der Waals surface area contributed by atoms with Gasteiger partial charge in [0.1, 0.15) is 5.76 Å². The van der Waals surface area contributed by atoms with Gasteiger partial charge in [-0.2, -0.15) is 0 Å². The predicted molar refractivity (Wildman–Crippen MR) is 71.1 cm³/mol. The number of furan rings is 1. The van der Waals surface area contributed by atoms with Crippen molar-refractivity contribution in [1.82, 2.24) is 10.6 Å². The summed E-state index contributed by atoms with van der Waals surface area (Å²) in [6.45, 7) is 9.35. The first kappa shape index (κ1) is 13.1. The van der Waals surface area contributed by atoms with Crippen molar-refractivity contribution in [2.75, 3.05) is 19.6 Å². The van der Waals surface area contributed by atoms with E-state index in [4.69, 9.17) is 4.42 Å². The Labute approximate surface area is 102 Å². The number of nitrogens with zero attached hydrogens (tertiary/aromatic N) is 1. The van der Waals surface area contributed by atoms with Crippen LogP contribution < -0.4 is 10.6 Å². The second kappa shape index (κ2) is 8.21. The molecular formula is C13H19N3O. The highest BCUT2D eigenvalue weighted by Crippen LogP contribution is 2.00. The van der Waals surface area contributed by atoms with Crippen molar-refractivity contribution < 1.29 is 4.42 Å². The van der Waals surface area contributed by atoms with Gasteiger partial charge in [0.05, 0.1) is 6.26 Å². The van der Waals surface area contributed by atoms with E-state index in [0.717, 1.165) is 18.1 Å². The molecule has 17 heavy (non-hydrogen) atoms. The van der Waals surface area contributed by atoms with Crippen LogP contribution in [0.15, 0.2) is 53.1 Å². The molecule has 0 amide bonds. The van der Waals surface area contributed by atoms with E-state index in [9.17, 15) is 0 Å².